The zero-order chi connectivity index (χ0) is 9.73. The number of hydrogen-bond donors (Lipinski definition) is 1. The van der Waals surface area contributed by atoms with Crippen LogP contribution in [0.2, 0.25) is 0 Å². The average molecular weight is 185 g/mol. The normalized spacial score (nSPS) is 20.5. The van der Waals surface area contributed by atoms with E-state index in [1.54, 1.807) is 0 Å². The van der Waals surface area contributed by atoms with Gasteiger partial charge in [0, 0.05) is 25.8 Å². The van der Waals surface area contributed by atoms with E-state index >= 15 is 0 Å². The molecule has 0 amide bonds. The molecule has 0 aromatic rings. The molecular weight excluding hydrogens is 162 g/mol. The van der Waals surface area contributed by atoms with Crippen LogP contribution in [-0.4, -0.2) is 25.8 Å². The lowest BCUT2D eigenvalue weighted by molar-refractivity contribution is 0.0750. The summed E-state index contributed by atoms with van der Waals surface area (Å²) in [6.45, 7) is 9.90. The molecule has 0 bridgehead atoms. The highest BCUT2D eigenvalue weighted by Crippen LogP contribution is 2.19. The molecule has 13 heavy (non-hydrogen) atoms. The standard InChI is InChI=1S/C11H23NO/c1-4-11(2,3)9-12-10-5-7-13-8-6-10/h10,12H,4-9H2,1-3H3. The van der Waals surface area contributed by atoms with E-state index in [9.17, 15) is 0 Å². The minimum absolute atomic E-state index is 0.443. The Morgan fingerprint density at radius 1 is 1.31 bits per heavy atom. The van der Waals surface area contributed by atoms with Crippen LogP contribution in [0.5, 0.6) is 0 Å². The van der Waals surface area contributed by atoms with Gasteiger partial charge in [-0.05, 0) is 24.7 Å². The highest BCUT2D eigenvalue weighted by molar-refractivity contribution is 4.75. The Kier molecular flexibility index (Phi) is 4.20. The SMILES string of the molecule is CCC(C)(C)CNC1CCOCC1. The van der Waals surface area contributed by atoms with E-state index in [2.05, 4.69) is 26.1 Å². The van der Waals surface area contributed by atoms with Crippen molar-refractivity contribution in [2.45, 2.75) is 46.1 Å². The highest BCUT2D eigenvalue weighted by Gasteiger charge is 2.18. The van der Waals surface area contributed by atoms with Crippen LogP contribution in [0.15, 0.2) is 0 Å². The van der Waals surface area contributed by atoms with Gasteiger partial charge in [-0.2, -0.15) is 0 Å². The minimum atomic E-state index is 0.443. The van der Waals surface area contributed by atoms with Gasteiger partial charge in [0.15, 0.2) is 0 Å². The third-order valence-corrected chi connectivity index (χ3v) is 3.05. The van der Waals surface area contributed by atoms with E-state index in [4.69, 9.17) is 4.74 Å². The molecule has 2 nitrogen and oxygen atoms in total. The first kappa shape index (κ1) is 11.0. The maximum Gasteiger partial charge on any atom is 0.0480 e. The van der Waals surface area contributed by atoms with Crippen molar-refractivity contribution in [3.8, 4) is 0 Å². The molecule has 78 valence electrons. The molecule has 1 saturated heterocycles. The molecule has 0 radical (unpaired) electrons. The van der Waals surface area contributed by atoms with E-state index in [-0.39, 0.29) is 0 Å². The fourth-order valence-electron chi connectivity index (χ4n) is 1.45. The van der Waals surface area contributed by atoms with Gasteiger partial charge in [-0.15, -0.1) is 0 Å². The lowest BCUT2D eigenvalue weighted by atomic mass is 9.90. The van der Waals surface area contributed by atoms with Gasteiger partial charge in [-0.3, -0.25) is 0 Å². The van der Waals surface area contributed by atoms with Crippen molar-refractivity contribution in [1.82, 2.24) is 5.32 Å². The minimum Gasteiger partial charge on any atom is -0.381 e. The van der Waals surface area contributed by atoms with Crippen LogP contribution < -0.4 is 5.32 Å². The fraction of sp³-hybridized carbons (Fsp3) is 1.00. The molecule has 1 rings (SSSR count). The summed E-state index contributed by atoms with van der Waals surface area (Å²) in [6, 6.07) is 0.694. The topological polar surface area (TPSA) is 21.3 Å². The summed E-state index contributed by atoms with van der Waals surface area (Å²) in [5.74, 6) is 0. The molecule has 1 N–H and O–H groups in total. The van der Waals surface area contributed by atoms with Crippen molar-refractivity contribution < 1.29 is 4.74 Å². The first-order valence-electron chi connectivity index (χ1n) is 5.45. The Morgan fingerprint density at radius 3 is 2.46 bits per heavy atom. The molecule has 0 saturated carbocycles. The second-order valence-corrected chi connectivity index (χ2v) is 4.79. The molecule has 0 aromatic heterocycles. The van der Waals surface area contributed by atoms with Crippen molar-refractivity contribution in [3.63, 3.8) is 0 Å². The van der Waals surface area contributed by atoms with E-state index in [1.807, 2.05) is 0 Å². The summed E-state index contributed by atoms with van der Waals surface area (Å²) >= 11 is 0. The van der Waals surface area contributed by atoms with Gasteiger partial charge in [0.2, 0.25) is 0 Å². The smallest absolute Gasteiger partial charge is 0.0480 e. The highest BCUT2D eigenvalue weighted by atomic mass is 16.5. The van der Waals surface area contributed by atoms with Gasteiger partial charge in [-0.25, -0.2) is 0 Å². The Balaban J connectivity index is 2.17. The molecule has 0 aliphatic carbocycles. The predicted molar refractivity (Wildman–Crippen MR) is 55.9 cm³/mol. The molecular formula is C11H23NO. The quantitative estimate of drug-likeness (QED) is 0.725. The predicted octanol–water partition coefficient (Wildman–Crippen LogP) is 2.19. The van der Waals surface area contributed by atoms with Crippen molar-refractivity contribution in [2.75, 3.05) is 19.8 Å². The van der Waals surface area contributed by atoms with Gasteiger partial charge >= 0.3 is 0 Å². The summed E-state index contributed by atoms with van der Waals surface area (Å²) < 4.78 is 5.32. The molecule has 1 aliphatic rings. The Labute approximate surface area is 82.0 Å². The maximum absolute atomic E-state index is 5.32. The second kappa shape index (κ2) is 4.97. The molecule has 0 aromatic carbocycles. The Morgan fingerprint density at radius 2 is 1.92 bits per heavy atom. The van der Waals surface area contributed by atoms with Crippen LogP contribution in [-0.2, 0) is 4.74 Å². The molecule has 2 heteroatoms. The molecule has 1 aliphatic heterocycles. The van der Waals surface area contributed by atoms with E-state index in [0.29, 0.717) is 11.5 Å². The lowest BCUT2D eigenvalue weighted by Gasteiger charge is -2.29. The number of hydrogen-bond acceptors (Lipinski definition) is 2. The summed E-state index contributed by atoms with van der Waals surface area (Å²) in [5.41, 5.74) is 0.443. The molecule has 1 heterocycles. The number of nitrogens with one attached hydrogen (secondary N) is 1. The van der Waals surface area contributed by atoms with Gasteiger partial charge in [0.05, 0.1) is 0 Å². The third-order valence-electron chi connectivity index (χ3n) is 3.05. The third kappa shape index (κ3) is 4.10. The Hall–Kier alpha value is -0.0800. The maximum atomic E-state index is 5.32. The Bertz CT molecular complexity index is 139. The van der Waals surface area contributed by atoms with Gasteiger partial charge < -0.3 is 10.1 Å². The van der Waals surface area contributed by atoms with Crippen molar-refractivity contribution in [2.24, 2.45) is 5.41 Å². The molecule has 0 spiro atoms. The second-order valence-electron chi connectivity index (χ2n) is 4.79. The summed E-state index contributed by atoms with van der Waals surface area (Å²) in [4.78, 5) is 0. The molecule has 0 unspecified atom stereocenters. The number of ether oxygens (including phenoxy) is 1. The van der Waals surface area contributed by atoms with Crippen LogP contribution >= 0.6 is 0 Å². The first-order chi connectivity index (χ1) is 6.14. The molecule has 0 atom stereocenters. The van der Waals surface area contributed by atoms with Crippen LogP contribution in [0.4, 0.5) is 0 Å². The summed E-state index contributed by atoms with van der Waals surface area (Å²) in [5, 5.41) is 3.63. The lowest BCUT2D eigenvalue weighted by Crippen LogP contribution is -2.40. The van der Waals surface area contributed by atoms with E-state index < -0.39 is 0 Å². The van der Waals surface area contributed by atoms with E-state index in [0.717, 1.165) is 19.8 Å². The van der Waals surface area contributed by atoms with Crippen LogP contribution in [0.3, 0.4) is 0 Å². The van der Waals surface area contributed by atoms with Crippen molar-refractivity contribution in [3.05, 3.63) is 0 Å². The van der Waals surface area contributed by atoms with Crippen molar-refractivity contribution in [1.29, 1.82) is 0 Å². The van der Waals surface area contributed by atoms with Crippen LogP contribution in [0.25, 0.3) is 0 Å². The monoisotopic (exact) mass is 185 g/mol. The van der Waals surface area contributed by atoms with Crippen LogP contribution in [0, 0.1) is 5.41 Å². The average Bonchev–Trinajstić information content (AvgIpc) is 2.17. The molecule has 1 fully saturated rings. The van der Waals surface area contributed by atoms with Gasteiger partial charge in [0.1, 0.15) is 0 Å². The van der Waals surface area contributed by atoms with E-state index in [1.165, 1.54) is 19.3 Å². The van der Waals surface area contributed by atoms with Gasteiger partial charge in [-0.1, -0.05) is 20.8 Å². The summed E-state index contributed by atoms with van der Waals surface area (Å²) in [6.07, 6.45) is 3.60. The van der Waals surface area contributed by atoms with Crippen molar-refractivity contribution >= 4 is 0 Å². The van der Waals surface area contributed by atoms with Crippen LogP contribution in [0.1, 0.15) is 40.0 Å². The zero-order valence-electron chi connectivity index (χ0n) is 9.23. The first-order valence-corrected chi connectivity index (χ1v) is 5.45. The number of rotatable bonds is 4. The fourth-order valence-corrected chi connectivity index (χ4v) is 1.45. The summed E-state index contributed by atoms with van der Waals surface area (Å²) in [7, 11) is 0. The van der Waals surface area contributed by atoms with Gasteiger partial charge in [0.25, 0.3) is 0 Å². The zero-order valence-corrected chi connectivity index (χ0v) is 9.23. The largest absolute Gasteiger partial charge is 0.381 e.